The van der Waals surface area contributed by atoms with Crippen molar-refractivity contribution >= 4 is 5.91 Å². The van der Waals surface area contributed by atoms with Gasteiger partial charge in [-0.15, -0.1) is 0 Å². The summed E-state index contributed by atoms with van der Waals surface area (Å²) in [6.07, 6.45) is 4.02. The number of nitrogens with zero attached hydrogens (tertiary/aromatic N) is 1. The topological polar surface area (TPSA) is 52.6 Å². The molecule has 0 aromatic rings. The van der Waals surface area contributed by atoms with Crippen LogP contribution in [0.25, 0.3) is 0 Å². The Morgan fingerprint density at radius 2 is 2.29 bits per heavy atom. The zero-order chi connectivity index (χ0) is 12.3. The van der Waals surface area contributed by atoms with Gasteiger partial charge in [-0.05, 0) is 45.1 Å². The van der Waals surface area contributed by atoms with Gasteiger partial charge in [0, 0.05) is 25.7 Å². The summed E-state index contributed by atoms with van der Waals surface area (Å²) in [7, 11) is 0. The number of amides is 1. The molecule has 17 heavy (non-hydrogen) atoms. The minimum absolute atomic E-state index is 0.164. The minimum Gasteiger partial charge on any atom is -0.396 e. The van der Waals surface area contributed by atoms with E-state index >= 15 is 0 Å². The summed E-state index contributed by atoms with van der Waals surface area (Å²) in [6, 6.07) is 0.313. The fourth-order valence-corrected chi connectivity index (χ4v) is 3.07. The van der Waals surface area contributed by atoms with E-state index in [0.717, 1.165) is 45.3 Å². The molecule has 2 saturated heterocycles. The van der Waals surface area contributed by atoms with E-state index in [1.54, 1.807) is 0 Å². The number of rotatable bonds is 3. The molecule has 3 atom stereocenters. The highest BCUT2D eigenvalue weighted by molar-refractivity contribution is 5.80. The molecule has 2 fully saturated rings. The summed E-state index contributed by atoms with van der Waals surface area (Å²) in [5.74, 6) is 0.998. The van der Waals surface area contributed by atoms with Crippen molar-refractivity contribution in [2.75, 3.05) is 26.2 Å². The standard InChI is InChI=1S/C13H24N2O2/c1-10-12(3-2-6-14-10)13(17)15-7-4-11(9-15)5-8-16/h10-12,14,16H,2-9H2,1H3. The Bertz CT molecular complexity index is 270. The van der Waals surface area contributed by atoms with E-state index in [4.69, 9.17) is 5.11 Å². The molecular formula is C13H24N2O2. The van der Waals surface area contributed by atoms with Crippen LogP contribution in [0.2, 0.25) is 0 Å². The van der Waals surface area contributed by atoms with E-state index in [1.807, 2.05) is 4.90 Å². The van der Waals surface area contributed by atoms with Crippen LogP contribution in [0.5, 0.6) is 0 Å². The van der Waals surface area contributed by atoms with Gasteiger partial charge >= 0.3 is 0 Å². The molecule has 3 unspecified atom stereocenters. The maximum atomic E-state index is 12.4. The molecule has 4 nitrogen and oxygen atoms in total. The summed E-state index contributed by atoms with van der Waals surface area (Å²) < 4.78 is 0. The van der Waals surface area contributed by atoms with Crippen molar-refractivity contribution in [1.82, 2.24) is 10.2 Å². The quantitative estimate of drug-likeness (QED) is 0.760. The van der Waals surface area contributed by atoms with Gasteiger partial charge in [-0.3, -0.25) is 4.79 Å². The van der Waals surface area contributed by atoms with Crippen LogP contribution in [-0.2, 0) is 4.79 Å². The Morgan fingerprint density at radius 1 is 1.47 bits per heavy atom. The first kappa shape index (κ1) is 12.8. The summed E-state index contributed by atoms with van der Waals surface area (Å²) in [5, 5.41) is 12.3. The third kappa shape index (κ3) is 2.99. The van der Waals surface area contributed by atoms with Crippen LogP contribution in [-0.4, -0.2) is 48.2 Å². The van der Waals surface area contributed by atoms with Crippen molar-refractivity contribution in [2.24, 2.45) is 11.8 Å². The fraction of sp³-hybridized carbons (Fsp3) is 0.923. The summed E-state index contributed by atoms with van der Waals surface area (Å²) in [4.78, 5) is 14.4. The molecular weight excluding hydrogens is 216 g/mol. The number of aliphatic hydroxyl groups excluding tert-OH is 1. The maximum Gasteiger partial charge on any atom is 0.227 e. The zero-order valence-corrected chi connectivity index (χ0v) is 10.7. The molecule has 0 radical (unpaired) electrons. The number of aliphatic hydroxyl groups is 1. The van der Waals surface area contributed by atoms with Crippen molar-refractivity contribution in [1.29, 1.82) is 0 Å². The van der Waals surface area contributed by atoms with Crippen molar-refractivity contribution in [3.63, 3.8) is 0 Å². The molecule has 2 rings (SSSR count). The number of carbonyl (C=O) groups is 1. The Labute approximate surface area is 103 Å². The van der Waals surface area contributed by atoms with Gasteiger partial charge in [0.1, 0.15) is 0 Å². The first-order valence-electron chi connectivity index (χ1n) is 6.85. The van der Waals surface area contributed by atoms with Gasteiger partial charge in [-0.1, -0.05) is 0 Å². The van der Waals surface area contributed by atoms with E-state index in [0.29, 0.717) is 17.9 Å². The lowest BCUT2D eigenvalue weighted by Gasteiger charge is -2.32. The lowest BCUT2D eigenvalue weighted by atomic mass is 9.91. The molecule has 2 aliphatic rings. The normalized spacial score (nSPS) is 34.0. The molecule has 4 heteroatoms. The third-order valence-electron chi connectivity index (χ3n) is 4.21. The molecule has 2 N–H and O–H groups in total. The van der Waals surface area contributed by atoms with Crippen LogP contribution < -0.4 is 5.32 Å². The molecule has 2 aliphatic heterocycles. The number of piperidine rings is 1. The monoisotopic (exact) mass is 240 g/mol. The van der Waals surface area contributed by atoms with Gasteiger partial charge in [-0.25, -0.2) is 0 Å². The van der Waals surface area contributed by atoms with E-state index in [1.165, 1.54) is 0 Å². The Balaban J connectivity index is 1.87. The number of hydrogen-bond acceptors (Lipinski definition) is 3. The van der Waals surface area contributed by atoms with E-state index in [2.05, 4.69) is 12.2 Å². The van der Waals surface area contributed by atoms with Crippen molar-refractivity contribution in [2.45, 2.75) is 38.6 Å². The van der Waals surface area contributed by atoms with Crippen LogP contribution in [0, 0.1) is 11.8 Å². The summed E-state index contributed by atoms with van der Waals surface area (Å²) in [5.41, 5.74) is 0. The average Bonchev–Trinajstić information content (AvgIpc) is 2.78. The smallest absolute Gasteiger partial charge is 0.227 e. The third-order valence-corrected chi connectivity index (χ3v) is 4.21. The van der Waals surface area contributed by atoms with E-state index < -0.39 is 0 Å². The number of likely N-dealkylation sites (tertiary alicyclic amines) is 1. The first-order chi connectivity index (χ1) is 8.22. The second-order valence-electron chi connectivity index (χ2n) is 5.44. The summed E-state index contributed by atoms with van der Waals surface area (Å²) >= 11 is 0. The molecule has 0 spiro atoms. The van der Waals surface area contributed by atoms with Crippen LogP contribution in [0.4, 0.5) is 0 Å². The van der Waals surface area contributed by atoms with Crippen LogP contribution in [0.1, 0.15) is 32.6 Å². The summed E-state index contributed by atoms with van der Waals surface area (Å²) in [6.45, 7) is 5.13. The van der Waals surface area contributed by atoms with E-state index in [9.17, 15) is 4.79 Å². The average molecular weight is 240 g/mol. The SMILES string of the molecule is CC1NCCCC1C(=O)N1CCC(CCO)C1. The molecule has 98 valence electrons. The molecule has 0 aromatic heterocycles. The molecule has 0 bridgehead atoms. The first-order valence-corrected chi connectivity index (χ1v) is 6.85. The number of carbonyl (C=O) groups excluding carboxylic acids is 1. The predicted octanol–water partition coefficient (Wildman–Crippen LogP) is 0.605. The molecule has 0 saturated carbocycles. The fourth-order valence-electron chi connectivity index (χ4n) is 3.07. The van der Waals surface area contributed by atoms with Crippen LogP contribution in [0.15, 0.2) is 0 Å². The van der Waals surface area contributed by atoms with Gasteiger partial charge in [-0.2, -0.15) is 0 Å². The van der Waals surface area contributed by atoms with Crippen LogP contribution >= 0.6 is 0 Å². The highest BCUT2D eigenvalue weighted by Crippen LogP contribution is 2.25. The second-order valence-corrected chi connectivity index (χ2v) is 5.44. The van der Waals surface area contributed by atoms with Gasteiger partial charge in [0.05, 0.1) is 5.92 Å². The highest BCUT2D eigenvalue weighted by Gasteiger charge is 2.34. The van der Waals surface area contributed by atoms with Gasteiger partial charge in [0.25, 0.3) is 0 Å². The zero-order valence-electron chi connectivity index (χ0n) is 10.7. The van der Waals surface area contributed by atoms with Crippen LogP contribution in [0.3, 0.4) is 0 Å². The van der Waals surface area contributed by atoms with Gasteiger partial charge in [0.15, 0.2) is 0 Å². The Kier molecular flexibility index (Phi) is 4.40. The molecule has 0 aliphatic carbocycles. The van der Waals surface area contributed by atoms with Crippen molar-refractivity contribution in [3.05, 3.63) is 0 Å². The molecule has 1 amide bonds. The molecule has 0 aromatic carbocycles. The Hall–Kier alpha value is -0.610. The largest absolute Gasteiger partial charge is 0.396 e. The Morgan fingerprint density at radius 3 is 3.00 bits per heavy atom. The maximum absolute atomic E-state index is 12.4. The minimum atomic E-state index is 0.164. The lowest BCUT2D eigenvalue weighted by molar-refractivity contribution is -0.136. The number of hydrogen-bond donors (Lipinski definition) is 2. The van der Waals surface area contributed by atoms with E-state index in [-0.39, 0.29) is 12.5 Å². The lowest BCUT2D eigenvalue weighted by Crippen LogP contribution is -2.47. The molecule has 2 heterocycles. The van der Waals surface area contributed by atoms with Crippen molar-refractivity contribution < 1.29 is 9.90 Å². The van der Waals surface area contributed by atoms with Gasteiger partial charge in [0.2, 0.25) is 5.91 Å². The number of nitrogens with one attached hydrogen (secondary N) is 1. The van der Waals surface area contributed by atoms with Crippen molar-refractivity contribution in [3.8, 4) is 0 Å². The predicted molar refractivity (Wildman–Crippen MR) is 66.6 cm³/mol. The second kappa shape index (κ2) is 5.83. The highest BCUT2D eigenvalue weighted by atomic mass is 16.3. The van der Waals surface area contributed by atoms with Gasteiger partial charge < -0.3 is 15.3 Å².